The molecule has 3 rings (SSSR count). The lowest BCUT2D eigenvalue weighted by Crippen LogP contribution is -2.35. The number of carbonyl (C=O) groups excluding carboxylic acids is 1. The van der Waals surface area contributed by atoms with Gasteiger partial charge in [-0.25, -0.2) is 4.39 Å². The molecule has 1 aromatic rings. The van der Waals surface area contributed by atoms with Crippen molar-refractivity contribution in [3.8, 4) is 0 Å². The third-order valence-corrected chi connectivity index (χ3v) is 4.72. The molecular formula is C16H20FN3O3. The number of likely N-dealkylation sites (tertiary alicyclic amines) is 1. The van der Waals surface area contributed by atoms with Crippen molar-refractivity contribution in [2.75, 3.05) is 18.4 Å². The Bertz CT molecular complexity index is 617. The van der Waals surface area contributed by atoms with Crippen LogP contribution < -0.4 is 5.32 Å². The summed E-state index contributed by atoms with van der Waals surface area (Å²) in [6, 6.07) is 3.46. The summed E-state index contributed by atoms with van der Waals surface area (Å²) >= 11 is 0. The van der Waals surface area contributed by atoms with Gasteiger partial charge in [0, 0.05) is 25.0 Å². The molecular weight excluding hydrogens is 301 g/mol. The third kappa shape index (κ3) is 3.43. The van der Waals surface area contributed by atoms with Crippen LogP contribution in [0.25, 0.3) is 0 Å². The molecule has 7 heteroatoms. The molecule has 1 atom stereocenters. The van der Waals surface area contributed by atoms with E-state index < -0.39 is 10.7 Å². The van der Waals surface area contributed by atoms with Gasteiger partial charge in [-0.1, -0.05) is 12.8 Å². The molecule has 23 heavy (non-hydrogen) atoms. The van der Waals surface area contributed by atoms with Crippen molar-refractivity contribution in [1.82, 2.24) is 4.90 Å². The minimum Gasteiger partial charge on any atom is -0.375 e. The number of nitrogens with one attached hydrogen (secondary N) is 1. The maximum absolute atomic E-state index is 13.2. The summed E-state index contributed by atoms with van der Waals surface area (Å²) in [7, 11) is 0. The van der Waals surface area contributed by atoms with E-state index in [9.17, 15) is 19.3 Å². The minimum absolute atomic E-state index is 0.0375. The van der Waals surface area contributed by atoms with E-state index in [1.165, 1.54) is 12.1 Å². The molecule has 0 bridgehead atoms. The van der Waals surface area contributed by atoms with Crippen molar-refractivity contribution in [3.05, 3.63) is 34.1 Å². The first-order valence-corrected chi connectivity index (χ1v) is 8.04. The number of carbonyl (C=O) groups is 1. The molecule has 2 fully saturated rings. The predicted octanol–water partition coefficient (Wildman–Crippen LogP) is 2.94. The van der Waals surface area contributed by atoms with Gasteiger partial charge in [0.2, 0.25) is 5.91 Å². The maximum Gasteiger partial charge on any atom is 0.295 e. The van der Waals surface area contributed by atoms with Gasteiger partial charge in [-0.15, -0.1) is 0 Å². The summed E-state index contributed by atoms with van der Waals surface area (Å²) in [6.07, 6.45) is 4.92. The van der Waals surface area contributed by atoms with E-state index in [1.807, 2.05) is 4.90 Å². The number of nitro benzene ring substituents is 1. The second-order valence-electron chi connectivity index (χ2n) is 6.31. The number of hydrogen-bond acceptors (Lipinski definition) is 4. The summed E-state index contributed by atoms with van der Waals surface area (Å²) < 4.78 is 13.2. The zero-order valence-electron chi connectivity index (χ0n) is 12.8. The Balaban J connectivity index is 1.64. The fraction of sp³-hybridized carbons (Fsp3) is 0.562. The minimum atomic E-state index is -0.633. The van der Waals surface area contributed by atoms with Gasteiger partial charge in [0.05, 0.1) is 11.0 Å². The molecule has 0 radical (unpaired) electrons. The maximum atomic E-state index is 13.2. The molecule has 124 valence electrons. The Hall–Kier alpha value is -2.18. The summed E-state index contributed by atoms with van der Waals surface area (Å²) in [5, 5.41) is 14.1. The lowest BCUT2D eigenvalue weighted by molar-refractivity contribution is -0.384. The smallest absolute Gasteiger partial charge is 0.295 e. The summed E-state index contributed by atoms with van der Waals surface area (Å²) in [5.74, 6) is -0.277. The van der Waals surface area contributed by atoms with Crippen LogP contribution in [-0.2, 0) is 4.79 Å². The van der Waals surface area contributed by atoms with Crippen molar-refractivity contribution < 1.29 is 14.1 Å². The van der Waals surface area contributed by atoms with E-state index in [0.717, 1.165) is 38.2 Å². The Morgan fingerprint density at radius 2 is 2.04 bits per heavy atom. The topological polar surface area (TPSA) is 75.5 Å². The second kappa shape index (κ2) is 6.52. The molecule has 1 heterocycles. The largest absolute Gasteiger partial charge is 0.375 e. The predicted molar refractivity (Wildman–Crippen MR) is 83.6 cm³/mol. The molecule has 1 aliphatic carbocycles. The molecule has 1 saturated heterocycles. The van der Waals surface area contributed by atoms with Crippen LogP contribution in [0.4, 0.5) is 15.8 Å². The van der Waals surface area contributed by atoms with Gasteiger partial charge in [0.25, 0.3) is 5.69 Å². The molecule has 1 amide bonds. The van der Waals surface area contributed by atoms with Crippen LogP contribution in [0.1, 0.15) is 32.1 Å². The van der Waals surface area contributed by atoms with E-state index in [1.54, 1.807) is 0 Å². The van der Waals surface area contributed by atoms with Gasteiger partial charge >= 0.3 is 0 Å². The second-order valence-corrected chi connectivity index (χ2v) is 6.31. The monoisotopic (exact) mass is 321 g/mol. The fourth-order valence-corrected chi connectivity index (χ4v) is 3.51. The average molecular weight is 321 g/mol. The number of nitrogens with zero attached hydrogens (tertiary/aromatic N) is 2. The Morgan fingerprint density at radius 1 is 1.30 bits per heavy atom. The fourth-order valence-electron chi connectivity index (χ4n) is 3.51. The van der Waals surface area contributed by atoms with E-state index >= 15 is 0 Å². The number of halogens is 1. The van der Waals surface area contributed by atoms with Gasteiger partial charge in [0.1, 0.15) is 11.5 Å². The Kier molecular flexibility index (Phi) is 4.45. The molecule has 6 nitrogen and oxygen atoms in total. The van der Waals surface area contributed by atoms with Gasteiger partial charge in [-0.2, -0.15) is 0 Å². The summed E-state index contributed by atoms with van der Waals surface area (Å²) in [5.41, 5.74) is 0.0298. The normalized spacial score (nSPS) is 21.6. The van der Waals surface area contributed by atoms with Gasteiger partial charge in [0.15, 0.2) is 0 Å². The standard InChI is InChI=1S/C16H20FN3O3/c17-12-5-6-14(15(9-12)20(22)23)18-13-7-8-19(10-13)16(21)11-3-1-2-4-11/h5-6,9,11,13,18H,1-4,7-8,10H2. The number of benzene rings is 1. The van der Waals surface area contributed by atoms with Gasteiger partial charge in [-0.05, 0) is 31.4 Å². The number of nitro groups is 1. The van der Waals surface area contributed by atoms with Crippen molar-refractivity contribution in [2.45, 2.75) is 38.1 Å². The van der Waals surface area contributed by atoms with E-state index in [0.29, 0.717) is 18.8 Å². The highest BCUT2D eigenvalue weighted by molar-refractivity contribution is 5.79. The number of hydrogen-bond donors (Lipinski definition) is 1. The quantitative estimate of drug-likeness (QED) is 0.683. The van der Waals surface area contributed by atoms with Gasteiger partial charge < -0.3 is 10.2 Å². The zero-order valence-corrected chi connectivity index (χ0v) is 12.8. The number of amides is 1. The highest BCUT2D eigenvalue weighted by Crippen LogP contribution is 2.30. The summed E-state index contributed by atoms with van der Waals surface area (Å²) in [4.78, 5) is 24.7. The highest BCUT2D eigenvalue weighted by atomic mass is 19.1. The molecule has 1 unspecified atom stereocenters. The molecule has 1 N–H and O–H groups in total. The van der Waals surface area contributed by atoms with Crippen molar-refractivity contribution in [1.29, 1.82) is 0 Å². The highest BCUT2D eigenvalue weighted by Gasteiger charge is 2.32. The average Bonchev–Trinajstić information content (AvgIpc) is 3.19. The van der Waals surface area contributed by atoms with Crippen LogP contribution in [0, 0.1) is 21.8 Å². The molecule has 1 saturated carbocycles. The zero-order chi connectivity index (χ0) is 16.4. The molecule has 0 spiro atoms. The molecule has 1 aliphatic heterocycles. The molecule has 2 aliphatic rings. The first kappa shape index (κ1) is 15.7. The number of anilines is 1. The Labute approximate surface area is 133 Å². The van der Waals surface area contributed by atoms with Crippen LogP contribution in [-0.4, -0.2) is 34.9 Å². The van der Waals surface area contributed by atoms with Crippen molar-refractivity contribution in [2.24, 2.45) is 5.92 Å². The van der Waals surface area contributed by atoms with Gasteiger partial charge in [-0.3, -0.25) is 14.9 Å². The first-order valence-electron chi connectivity index (χ1n) is 8.04. The van der Waals surface area contributed by atoms with Crippen LogP contribution in [0.2, 0.25) is 0 Å². The lowest BCUT2D eigenvalue weighted by Gasteiger charge is -2.21. The van der Waals surface area contributed by atoms with Crippen molar-refractivity contribution in [3.63, 3.8) is 0 Å². The van der Waals surface area contributed by atoms with E-state index in [-0.39, 0.29) is 23.6 Å². The lowest BCUT2D eigenvalue weighted by atomic mass is 10.1. The Morgan fingerprint density at radius 3 is 2.74 bits per heavy atom. The van der Waals surface area contributed by atoms with E-state index in [2.05, 4.69) is 5.32 Å². The van der Waals surface area contributed by atoms with Crippen LogP contribution in [0.15, 0.2) is 18.2 Å². The SMILES string of the molecule is O=C(C1CCCC1)N1CCC(Nc2ccc(F)cc2[N+](=O)[O-])C1. The van der Waals surface area contributed by atoms with Crippen LogP contribution >= 0.6 is 0 Å². The number of rotatable bonds is 4. The van der Waals surface area contributed by atoms with E-state index in [4.69, 9.17) is 0 Å². The first-order chi connectivity index (χ1) is 11.0. The molecule has 1 aromatic carbocycles. The van der Waals surface area contributed by atoms with Crippen LogP contribution in [0.5, 0.6) is 0 Å². The van der Waals surface area contributed by atoms with Crippen molar-refractivity contribution >= 4 is 17.3 Å². The molecule has 0 aromatic heterocycles. The van der Waals surface area contributed by atoms with Crippen LogP contribution in [0.3, 0.4) is 0 Å². The summed E-state index contributed by atoms with van der Waals surface area (Å²) in [6.45, 7) is 1.21. The third-order valence-electron chi connectivity index (χ3n) is 4.72.